The molecule has 1 rings (SSSR count). The van der Waals surface area contributed by atoms with Gasteiger partial charge in [-0.25, -0.2) is 0 Å². The quantitative estimate of drug-likeness (QED) is 0.585. The summed E-state index contributed by atoms with van der Waals surface area (Å²) < 4.78 is 5.61. The molecule has 0 spiro atoms. The summed E-state index contributed by atoms with van der Waals surface area (Å²) in [5.41, 5.74) is -1.78. The summed E-state index contributed by atoms with van der Waals surface area (Å²) in [4.78, 5) is 23.7. The van der Waals surface area contributed by atoms with Crippen LogP contribution in [0.2, 0.25) is 0 Å². The number of hydrogen-bond acceptors (Lipinski definition) is 3. The van der Waals surface area contributed by atoms with E-state index in [2.05, 4.69) is 0 Å². The minimum absolute atomic E-state index is 0.411. The molecule has 4 heteroatoms. The Morgan fingerprint density at radius 2 is 1.56 bits per heavy atom. The van der Waals surface area contributed by atoms with Gasteiger partial charge in [0.2, 0.25) is 0 Å². The van der Waals surface area contributed by atoms with E-state index in [4.69, 9.17) is 4.74 Å². The summed E-state index contributed by atoms with van der Waals surface area (Å²) in [7, 11) is 0. The second-order valence-electron chi connectivity index (χ2n) is 5.23. The molecule has 0 aromatic carbocycles. The number of carbonyl (C=O) groups excluding carboxylic acids is 1. The predicted molar refractivity (Wildman–Crippen MR) is 68.2 cm³/mol. The van der Waals surface area contributed by atoms with Crippen LogP contribution in [0.3, 0.4) is 0 Å². The van der Waals surface area contributed by atoms with Crippen LogP contribution in [0.15, 0.2) is 0 Å². The summed E-state index contributed by atoms with van der Waals surface area (Å²) in [5, 5.41) is 9.35. The zero-order chi connectivity index (χ0) is 13.8. The molecule has 0 aliphatic heterocycles. The normalized spacial score (nSPS) is 18.6. The minimum Gasteiger partial charge on any atom is -0.480 e. The number of esters is 1. The highest BCUT2D eigenvalue weighted by molar-refractivity contribution is 5.99. The zero-order valence-corrected chi connectivity index (χ0v) is 11.6. The van der Waals surface area contributed by atoms with Crippen molar-refractivity contribution in [2.24, 2.45) is 5.41 Å². The third kappa shape index (κ3) is 2.52. The van der Waals surface area contributed by atoms with E-state index >= 15 is 0 Å². The molecule has 18 heavy (non-hydrogen) atoms. The van der Waals surface area contributed by atoms with Gasteiger partial charge < -0.3 is 9.84 Å². The number of rotatable bonds is 6. The van der Waals surface area contributed by atoms with Crippen molar-refractivity contribution >= 4 is 11.9 Å². The topological polar surface area (TPSA) is 63.6 Å². The molecular weight excluding hydrogens is 232 g/mol. The molecule has 0 aromatic heterocycles. The molecule has 0 atom stereocenters. The first-order chi connectivity index (χ1) is 8.46. The molecule has 1 aliphatic rings. The molecule has 0 amide bonds. The van der Waals surface area contributed by atoms with Gasteiger partial charge in [0.1, 0.15) is 5.60 Å². The molecule has 0 unspecified atom stereocenters. The standard InChI is InChI=1S/C14H24O4/c1-4-13(5-2,6-3)18-12(17)14(11(15)16)9-7-8-10-14/h4-10H2,1-3H3,(H,15,16). The molecular formula is C14H24O4. The molecule has 0 radical (unpaired) electrons. The Morgan fingerprint density at radius 3 is 1.89 bits per heavy atom. The third-order valence-electron chi connectivity index (χ3n) is 4.50. The number of carboxylic acids is 1. The molecule has 4 nitrogen and oxygen atoms in total. The SMILES string of the molecule is CCC(CC)(CC)OC(=O)C1(C(=O)O)CCCC1. The minimum atomic E-state index is -1.29. The van der Waals surface area contributed by atoms with Gasteiger partial charge in [0.15, 0.2) is 5.41 Å². The monoisotopic (exact) mass is 256 g/mol. The molecule has 1 aliphatic carbocycles. The zero-order valence-electron chi connectivity index (χ0n) is 11.6. The van der Waals surface area contributed by atoms with Crippen molar-refractivity contribution in [2.75, 3.05) is 0 Å². The van der Waals surface area contributed by atoms with Gasteiger partial charge in [-0.2, -0.15) is 0 Å². The molecule has 0 aromatic rings. The first-order valence-electron chi connectivity index (χ1n) is 6.93. The van der Waals surface area contributed by atoms with E-state index in [-0.39, 0.29) is 0 Å². The lowest BCUT2D eigenvalue weighted by atomic mass is 9.85. The van der Waals surface area contributed by atoms with Crippen molar-refractivity contribution < 1.29 is 19.4 Å². The van der Waals surface area contributed by atoms with E-state index in [9.17, 15) is 14.7 Å². The Labute approximate surface area is 109 Å². The molecule has 1 saturated carbocycles. The summed E-state index contributed by atoms with van der Waals surface area (Å²) >= 11 is 0. The summed E-state index contributed by atoms with van der Waals surface area (Å²) in [6.07, 6.45) is 4.57. The van der Waals surface area contributed by atoms with E-state index in [1.807, 2.05) is 20.8 Å². The van der Waals surface area contributed by atoms with E-state index < -0.39 is 23.0 Å². The Bertz CT molecular complexity index is 303. The lowest BCUT2D eigenvalue weighted by Gasteiger charge is -2.34. The number of ether oxygens (including phenoxy) is 1. The fraction of sp³-hybridized carbons (Fsp3) is 0.857. The van der Waals surface area contributed by atoms with E-state index in [1.165, 1.54) is 0 Å². The third-order valence-corrected chi connectivity index (χ3v) is 4.50. The van der Waals surface area contributed by atoms with Gasteiger partial charge in [-0.1, -0.05) is 33.6 Å². The van der Waals surface area contributed by atoms with Crippen molar-refractivity contribution in [3.8, 4) is 0 Å². The van der Waals surface area contributed by atoms with Crippen molar-refractivity contribution in [1.82, 2.24) is 0 Å². The maximum Gasteiger partial charge on any atom is 0.324 e. The van der Waals surface area contributed by atoms with Crippen LogP contribution in [0, 0.1) is 5.41 Å². The van der Waals surface area contributed by atoms with E-state index in [1.54, 1.807) is 0 Å². The van der Waals surface area contributed by atoms with Crippen LogP contribution in [0.25, 0.3) is 0 Å². The lowest BCUT2D eigenvalue weighted by molar-refractivity contribution is -0.181. The van der Waals surface area contributed by atoms with Gasteiger partial charge in [0.25, 0.3) is 0 Å². The fourth-order valence-electron chi connectivity index (χ4n) is 2.74. The van der Waals surface area contributed by atoms with Gasteiger partial charge in [0.05, 0.1) is 0 Å². The Kier molecular flexibility index (Phi) is 4.77. The molecule has 1 fully saturated rings. The average molecular weight is 256 g/mol. The second-order valence-corrected chi connectivity index (χ2v) is 5.23. The molecule has 0 bridgehead atoms. The van der Waals surface area contributed by atoms with Crippen molar-refractivity contribution in [1.29, 1.82) is 0 Å². The van der Waals surface area contributed by atoms with Crippen LogP contribution >= 0.6 is 0 Å². The smallest absolute Gasteiger partial charge is 0.324 e. The summed E-state index contributed by atoms with van der Waals surface area (Å²) in [6.45, 7) is 5.92. The second kappa shape index (κ2) is 5.72. The maximum atomic E-state index is 12.3. The van der Waals surface area contributed by atoms with Crippen LogP contribution in [0.1, 0.15) is 65.7 Å². The van der Waals surface area contributed by atoms with Gasteiger partial charge in [-0.05, 0) is 32.1 Å². The number of carboxylic acid groups (broad SMARTS) is 1. The first kappa shape index (κ1) is 15.0. The van der Waals surface area contributed by atoms with Gasteiger partial charge in [-0.3, -0.25) is 9.59 Å². The Balaban J connectivity index is 2.89. The van der Waals surface area contributed by atoms with Gasteiger partial charge in [-0.15, -0.1) is 0 Å². The highest BCUT2D eigenvalue weighted by atomic mass is 16.6. The first-order valence-corrected chi connectivity index (χ1v) is 6.93. The van der Waals surface area contributed by atoms with Crippen LogP contribution in [-0.4, -0.2) is 22.6 Å². The molecule has 1 N–H and O–H groups in total. The van der Waals surface area contributed by atoms with E-state index in [0.29, 0.717) is 12.8 Å². The van der Waals surface area contributed by atoms with E-state index in [0.717, 1.165) is 32.1 Å². The van der Waals surface area contributed by atoms with Crippen molar-refractivity contribution in [3.63, 3.8) is 0 Å². The molecule has 104 valence electrons. The van der Waals surface area contributed by atoms with Crippen LogP contribution in [0.4, 0.5) is 0 Å². The summed E-state index contributed by atoms with van der Waals surface area (Å²) in [5.74, 6) is -1.56. The fourth-order valence-corrected chi connectivity index (χ4v) is 2.74. The van der Waals surface area contributed by atoms with Gasteiger partial charge >= 0.3 is 11.9 Å². The average Bonchev–Trinajstić information content (AvgIpc) is 2.86. The van der Waals surface area contributed by atoms with Crippen molar-refractivity contribution in [2.45, 2.75) is 71.3 Å². The number of aliphatic carboxylic acids is 1. The highest BCUT2D eigenvalue weighted by Crippen LogP contribution is 2.41. The predicted octanol–water partition coefficient (Wildman–Crippen LogP) is 3.14. The largest absolute Gasteiger partial charge is 0.480 e. The number of carbonyl (C=O) groups is 2. The molecule has 0 heterocycles. The van der Waals surface area contributed by atoms with Crippen molar-refractivity contribution in [3.05, 3.63) is 0 Å². The Morgan fingerprint density at radius 1 is 1.11 bits per heavy atom. The summed E-state index contributed by atoms with van der Waals surface area (Å²) in [6, 6.07) is 0. The van der Waals surface area contributed by atoms with Crippen LogP contribution < -0.4 is 0 Å². The maximum absolute atomic E-state index is 12.3. The lowest BCUT2D eigenvalue weighted by Crippen LogP contribution is -2.44. The van der Waals surface area contributed by atoms with Crippen LogP contribution in [-0.2, 0) is 14.3 Å². The van der Waals surface area contributed by atoms with Gasteiger partial charge in [0, 0.05) is 0 Å². The number of hydrogen-bond donors (Lipinski definition) is 1. The molecule has 0 saturated heterocycles. The highest BCUT2D eigenvalue weighted by Gasteiger charge is 2.51. The Hall–Kier alpha value is -1.06. The van der Waals surface area contributed by atoms with Crippen LogP contribution in [0.5, 0.6) is 0 Å².